The van der Waals surface area contributed by atoms with Gasteiger partial charge in [0.1, 0.15) is 13.2 Å². The van der Waals surface area contributed by atoms with E-state index in [1.165, 1.54) is 6.92 Å². The van der Waals surface area contributed by atoms with Crippen LogP contribution in [0.2, 0.25) is 0 Å². The number of allylic oxidation sites excluding steroid dienone is 1. The highest BCUT2D eigenvalue weighted by Crippen LogP contribution is 2.32. The number of piperidine rings is 2. The van der Waals surface area contributed by atoms with E-state index in [1.807, 2.05) is 26.0 Å². The Balaban J connectivity index is 0.000000315. The van der Waals surface area contributed by atoms with Gasteiger partial charge in [-0.1, -0.05) is 36.2 Å². The fourth-order valence-electron chi connectivity index (χ4n) is 8.84. The Labute approximate surface area is 445 Å². The fourth-order valence-corrected chi connectivity index (χ4v) is 8.84. The van der Waals surface area contributed by atoms with Gasteiger partial charge < -0.3 is 63.4 Å². The zero-order valence-electron chi connectivity index (χ0n) is 44.6. The van der Waals surface area contributed by atoms with Crippen LogP contribution in [-0.2, 0) is 57.1 Å². The average molecular weight is 1100 g/mol. The van der Waals surface area contributed by atoms with Crippen LogP contribution in [0.1, 0.15) is 73.1 Å². The second-order valence-electron chi connectivity index (χ2n) is 18.4. The zero-order chi connectivity index (χ0) is 56.8. The maximum atomic E-state index is 12.5. The van der Waals surface area contributed by atoms with Crippen LogP contribution in [0.3, 0.4) is 0 Å². The molecule has 4 fully saturated rings. The van der Waals surface area contributed by atoms with Gasteiger partial charge in [0.2, 0.25) is 5.91 Å². The number of carbonyl (C=O) groups is 6. The van der Waals surface area contributed by atoms with E-state index in [-0.39, 0.29) is 86.4 Å². The fraction of sp³-hybridized carbons (Fsp3) is 0.792. The molecule has 434 valence electrons. The molecule has 2 aliphatic carbocycles. The molecule has 0 unspecified atom stereocenters. The van der Waals surface area contributed by atoms with Crippen molar-refractivity contribution in [3.05, 3.63) is 44.2 Å². The lowest BCUT2D eigenvalue weighted by molar-refractivity contribution is -0.192. The molecule has 0 bridgehead atoms. The first-order valence-electron chi connectivity index (χ1n) is 25.9. The Morgan fingerprint density at radius 1 is 0.753 bits per heavy atom. The molecule has 0 saturated carbocycles. The summed E-state index contributed by atoms with van der Waals surface area (Å²) in [5.41, 5.74) is 18.6. The largest absolute Gasteiger partial charge is 0.490 e. The minimum atomic E-state index is -5.08. The van der Waals surface area contributed by atoms with Gasteiger partial charge >= 0.3 is 36.3 Å². The topological polar surface area (TPSA) is 328 Å². The molecular weight excluding hydrogens is 1030 g/mol. The number of carbonyl (C=O) groups excluding carboxylic acids is 5. The Kier molecular flexibility index (Phi) is 30.1. The Bertz CT molecular complexity index is 2040. The van der Waals surface area contributed by atoms with Crippen molar-refractivity contribution < 1.29 is 84.9 Å². The first-order chi connectivity index (χ1) is 36.8. The van der Waals surface area contributed by atoms with Crippen molar-refractivity contribution in [1.29, 1.82) is 0 Å². The summed E-state index contributed by atoms with van der Waals surface area (Å²) in [6.07, 6.45) is 2.76. The number of morpholine rings is 2. The van der Waals surface area contributed by atoms with Crippen molar-refractivity contribution in [3.63, 3.8) is 0 Å². The summed E-state index contributed by atoms with van der Waals surface area (Å²) in [6.45, 7) is 18.5. The van der Waals surface area contributed by atoms with Crippen molar-refractivity contribution >= 4 is 36.0 Å². The van der Waals surface area contributed by atoms with Crippen molar-refractivity contribution in [2.75, 3.05) is 118 Å². The average Bonchev–Trinajstić information content (AvgIpc) is 3.41. The molecule has 0 aromatic rings. The van der Waals surface area contributed by atoms with Gasteiger partial charge in [0.15, 0.2) is 0 Å². The van der Waals surface area contributed by atoms with Gasteiger partial charge in [0, 0.05) is 79.2 Å². The van der Waals surface area contributed by atoms with E-state index < -0.39 is 30.2 Å². The Morgan fingerprint density at radius 3 is 1.73 bits per heavy atom. The molecule has 26 nitrogen and oxygen atoms in total. The Hall–Kier alpha value is -5.93. The lowest BCUT2D eigenvalue weighted by Crippen LogP contribution is -2.60. The number of rotatable bonds is 16. The second-order valence-corrected chi connectivity index (χ2v) is 18.4. The lowest BCUT2D eigenvalue weighted by atomic mass is 9.79. The maximum Gasteiger partial charge on any atom is 0.490 e. The predicted molar refractivity (Wildman–Crippen MR) is 268 cm³/mol. The van der Waals surface area contributed by atoms with E-state index in [0.29, 0.717) is 96.5 Å². The van der Waals surface area contributed by atoms with E-state index in [0.717, 1.165) is 45.3 Å². The smallest absolute Gasteiger partial charge is 0.475 e. The van der Waals surface area contributed by atoms with E-state index in [4.69, 9.17) is 58.9 Å². The number of amides is 3. The number of azide groups is 2. The molecule has 4 saturated heterocycles. The van der Waals surface area contributed by atoms with Crippen LogP contribution in [-0.4, -0.2) is 217 Å². The third-order valence-corrected chi connectivity index (χ3v) is 12.9. The number of alkyl halides is 3. The van der Waals surface area contributed by atoms with Gasteiger partial charge in [-0.05, 0) is 88.4 Å². The molecule has 0 spiro atoms. The number of likely N-dealkylation sites (tertiary alicyclic amines) is 1. The highest BCUT2D eigenvalue weighted by atomic mass is 19.4. The van der Waals surface area contributed by atoms with Crippen molar-refractivity contribution in [2.45, 2.75) is 116 Å². The normalized spacial score (nSPS) is 25.4. The van der Waals surface area contributed by atoms with Gasteiger partial charge in [0.25, 0.3) is 0 Å². The van der Waals surface area contributed by atoms with Crippen LogP contribution in [0.15, 0.2) is 33.5 Å². The number of nitrogens with zero attached hydrogens (tertiary/aromatic N) is 9. The number of aliphatic carboxylic acids is 1. The molecule has 0 radical (unpaired) electrons. The number of halogens is 3. The summed E-state index contributed by atoms with van der Waals surface area (Å²) in [4.78, 5) is 79.9. The summed E-state index contributed by atoms with van der Waals surface area (Å²) in [6, 6.07) is -1.65. The van der Waals surface area contributed by atoms with Crippen LogP contribution in [0, 0.1) is 11.8 Å². The Morgan fingerprint density at radius 2 is 1.25 bits per heavy atom. The summed E-state index contributed by atoms with van der Waals surface area (Å²) < 4.78 is 74.4. The van der Waals surface area contributed by atoms with Gasteiger partial charge in [-0.15, -0.1) is 0 Å². The highest BCUT2D eigenvalue weighted by molar-refractivity contribution is 5.89. The van der Waals surface area contributed by atoms with E-state index in [9.17, 15) is 37.1 Å². The van der Waals surface area contributed by atoms with Crippen LogP contribution in [0.25, 0.3) is 20.9 Å². The SMILES string of the molecule is CCOC(=O)C1=C[C@@H](C)[C@H](C)[C@@H](N=[N+]=[N-])C1.CCOC(=O)C1=C[C@@H](N2CCC[C@H](OCCOC(=O)N3CCOCC3)C2)[C@H](NC(C)=O)[C@@H](N=[N+]=[N-])C1.O=C(O)C(F)(F)F.O=C(OCCO[C@H]1CCCNC1)N1CCOCC1. The van der Waals surface area contributed by atoms with Crippen LogP contribution in [0.4, 0.5) is 22.8 Å². The quantitative estimate of drug-likeness (QED) is 0.0453. The molecule has 8 atom stereocenters. The number of hydrogen-bond donors (Lipinski definition) is 3. The van der Waals surface area contributed by atoms with Gasteiger partial charge in [-0.25, -0.2) is 24.0 Å². The summed E-state index contributed by atoms with van der Waals surface area (Å²) in [5, 5.41) is 20.9. The number of ether oxygens (including phenoxy) is 8. The molecule has 77 heavy (non-hydrogen) atoms. The van der Waals surface area contributed by atoms with Gasteiger partial charge in [0.05, 0.1) is 77.1 Å². The minimum Gasteiger partial charge on any atom is -0.475 e. The number of nitrogens with one attached hydrogen (secondary N) is 2. The minimum absolute atomic E-state index is 0.113. The molecule has 3 N–H and O–H groups in total. The van der Waals surface area contributed by atoms with Crippen molar-refractivity contribution in [2.24, 2.45) is 22.1 Å². The number of carboxylic acid groups (broad SMARTS) is 1. The molecule has 4 heterocycles. The van der Waals surface area contributed by atoms with Crippen molar-refractivity contribution in [1.82, 2.24) is 25.3 Å². The third-order valence-electron chi connectivity index (χ3n) is 12.9. The zero-order valence-corrected chi connectivity index (χ0v) is 44.6. The molecule has 0 aromatic heterocycles. The van der Waals surface area contributed by atoms with Crippen LogP contribution in [0.5, 0.6) is 0 Å². The van der Waals surface area contributed by atoms with E-state index >= 15 is 0 Å². The summed E-state index contributed by atoms with van der Waals surface area (Å²) in [5.74, 6) is -3.26. The molecule has 29 heteroatoms. The lowest BCUT2D eigenvalue weighted by Gasteiger charge is -2.44. The van der Waals surface area contributed by atoms with E-state index in [2.05, 4.69) is 35.6 Å². The standard InChI is InChI=1S/C23H36N6O7.C12H22N2O4.C11H17N3O2.C2HF3O2/c1-3-34-22(31)17-13-19(26-27-24)21(25-16(2)30)20(14-17)29-6-4-5-18(15-29)35-11-12-36-23(32)28-7-9-33-10-8-28;15-12(14-4-6-16-7-5-14)18-9-8-17-11-2-1-3-13-10-11;1-4-16-11(15)9-5-7(2)8(3)10(6-9)13-14-12;3-2(4,5)1(6)7/h14,18-21H,3-13,15H2,1-2H3,(H,25,30);11,13H,1-10H2;5,7-8,10H,4,6H2,1-3H3;(H,6,7)/t18-,19-,20+,21+;11-;7-,8+,10+;/m001./s1. The van der Waals surface area contributed by atoms with Gasteiger partial charge in [-0.2, -0.15) is 13.2 Å². The molecule has 6 aliphatic rings. The summed E-state index contributed by atoms with van der Waals surface area (Å²) >= 11 is 0. The van der Waals surface area contributed by atoms with Gasteiger partial charge in [-0.3, -0.25) is 9.69 Å². The monoisotopic (exact) mass is 1100 g/mol. The highest BCUT2D eigenvalue weighted by Gasteiger charge is 2.41. The molecule has 3 amide bonds. The molecule has 6 rings (SSSR count). The first-order valence-corrected chi connectivity index (χ1v) is 25.9. The second kappa shape index (κ2) is 35.5. The number of hydrogen-bond acceptors (Lipinski definition) is 18. The summed E-state index contributed by atoms with van der Waals surface area (Å²) in [7, 11) is 0. The number of esters is 2. The van der Waals surface area contributed by atoms with Crippen LogP contribution < -0.4 is 10.6 Å². The predicted octanol–water partition coefficient (Wildman–Crippen LogP) is 5.07. The van der Waals surface area contributed by atoms with Crippen molar-refractivity contribution in [3.8, 4) is 0 Å². The first kappa shape index (κ1) is 65.4. The maximum absolute atomic E-state index is 12.5. The number of carboxylic acids is 1. The third kappa shape index (κ3) is 24.1. The molecule has 0 aromatic carbocycles. The van der Waals surface area contributed by atoms with E-state index in [1.54, 1.807) is 23.6 Å². The molecular formula is C48H76F3N11O15. The van der Waals surface area contributed by atoms with Crippen LogP contribution >= 0.6 is 0 Å². The molecule has 4 aliphatic heterocycles.